The Morgan fingerprint density at radius 1 is 0.469 bits per heavy atom. The molecule has 0 amide bonds. The molecule has 0 rings (SSSR count). The molecule has 0 aliphatic rings. The van der Waals surface area contributed by atoms with E-state index in [9.17, 15) is 0 Å². The molecule has 0 aliphatic heterocycles. The zero-order chi connectivity index (χ0) is 24.2. The van der Waals surface area contributed by atoms with Crippen molar-refractivity contribution < 1.29 is 14.4 Å². The van der Waals surface area contributed by atoms with Crippen LogP contribution in [0.5, 0.6) is 0 Å². The second-order valence-electron chi connectivity index (χ2n) is 10.3. The Morgan fingerprint density at radius 2 is 0.656 bits per heavy atom. The average Bonchev–Trinajstić information content (AvgIpc) is 2.78. The molecule has 32 heavy (non-hydrogen) atoms. The molecule has 3 nitrogen and oxygen atoms in total. The molecule has 0 aliphatic carbocycles. The standard InChI is InChI=1S/C28H60N.CH2O2/c1-5-8-11-14-17-20-23-26-29(4,27-24-21-18-15-12-9-6-2)28-25-22-19-16-13-10-7-3;2-1-3/h5-28H2,1-4H3;1H,(H,2,3)/q+1;/p-1. The van der Waals surface area contributed by atoms with Gasteiger partial charge in [-0.05, 0) is 38.5 Å². The Kier molecular flexibility index (Phi) is 29.9. The van der Waals surface area contributed by atoms with E-state index in [-0.39, 0.29) is 0 Å². The molecule has 3 heteroatoms. The summed E-state index contributed by atoms with van der Waals surface area (Å²) in [6.07, 6.45) is 30.3. The highest BCUT2D eigenvalue weighted by molar-refractivity contribution is 5.29. The molecule has 0 unspecified atom stereocenters. The van der Waals surface area contributed by atoms with Crippen LogP contribution in [0, 0.1) is 0 Å². The molecule has 0 N–H and O–H groups in total. The Hall–Kier alpha value is -0.570. The van der Waals surface area contributed by atoms with Gasteiger partial charge in [0.1, 0.15) is 0 Å². The number of carbonyl (C=O) groups is 1. The first kappa shape index (κ1) is 33.6. The summed E-state index contributed by atoms with van der Waals surface area (Å²) in [4.78, 5) is 8.25. The van der Waals surface area contributed by atoms with Crippen LogP contribution in [0.4, 0.5) is 0 Å². The van der Waals surface area contributed by atoms with Crippen LogP contribution in [-0.2, 0) is 4.79 Å². The summed E-state index contributed by atoms with van der Waals surface area (Å²) in [5.41, 5.74) is 0. The predicted molar refractivity (Wildman–Crippen MR) is 141 cm³/mol. The second-order valence-corrected chi connectivity index (χ2v) is 10.3. The number of quaternary nitrogens is 1. The van der Waals surface area contributed by atoms with Gasteiger partial charge in [0.25, 0.3) is 0 Å². The molecule has 0 atom stereocenters. The third-order valence-corrected chi connectivity index (χ3v) is 6.90. The van der Waals surface area contributed by atoms with Crippen LogP contribution >= 0.6 is 0 Å². The molecule has 0 fully saturated rings. The Labute approximate surface area is 203 Å². The van der Waals surface area contributed by atoms with Crippen molar-refractivity contribution in [2.45, 2.75) is 156 Å². The highest BCUT2D eigenvalue weighted by Crippen LogP contribution is 2.16. The van der Waals surface area contributed by atoms with Gasteiger partial charge in [0.2, 0.25) is 0 Å². The Balaban J connectivity index is 0. The van der Waals surface area contributed by atoms with E-state index in [1.165, 1.54) is 159 Å². The van der Waals surface area contributed by atoms with Gasteiger partial charge >= 0.3 is 0 Å². The van der Waals surface area contributed by atoms with Gasteiger partial charge in [-0.3, -0.25) is 0 Å². The lowest BCUT2D eigenvalue weighted by molar-refractivity contribution is -0.910. The fraction of sp³-hybridized carbons (Fsp3) is 0.966. The third kappa shape index (κ3) is 27.5. The molecule has 0 bridgehead atoms. The van der Waals surface area contributed by atoms with Crippen molar-refractivity contribution in [2.24, 2.45) is 0 Å². The first-order valence-corrected chi connectivity index (χ1v) is 14.5. The van der Waals surface area contributed by atoms with Gasteiger partial charge in [0, 0.05) is 6.47 Å². The SMILES string of the molecule is CCCCCCCCC[N+](C)(CCCCCCCCC)CCCCCCCCC.O=C[O-]. The van der Waals surface area contributed by atoms with Crippen molar-refractivity contribution >= 4 is 6.47 Å². The minimum absolute atomic E-state index is 0.500. The number of rotatable bonds is 24. The van der Waals surface area contributed by atoms with E-state index in [0.717, 1.165) is 0 Å². The summed E-state index contributed by atoms with van der Waals surface area (Å²) in [7, 11) is 2.57. The van der Waals surface area contributed by atoms with Crippen molar-refractivity contribution in [3.63, 3.8) is 0 Å². The topological polar surface area (TPSA) is 40.1 Å². The summed E-state index contributed by atoms with van der Waals surface area (Å²) >= 11 is 0. The fourth-order valence-corrected chi connectivity index (χ4v) is 4.69. The molecule has 194 valence electrons. The van der Waals surface area contributed by atoms with Crippen molar-refractivity contribution in [3.8, 4) is 0 Å². The fourth-order valence-electron chi connectivity index (χ4n) is 4.69. The van der Waals surface area contributed by atoms with Gasteiger partial charge in [-0.1, -0.05) is 117 Å². The monoisotopic (exact) mass is 455 g/mol. The van der Waals surface area contributed by atoms with Crippen LogP contribution in [0.3, 0.4) is 0 Å². The van der Waals surface area contributed by atoms with Crippen molar-refractivity contribution in [2.75, 3.05) is 26.7 Å². The third-order valence-electron chi connectivity index (χ3n) is 6.90. The normalized spacial score (nSPS) is 11.2. The number of carbonyl (C=O) groups excluding carboxylic acids is 1. The van der Waals surface area contributed by atoms with E-state index in [1.807, 2.05) is 0 Å². The van der Waals surface area contributed by atoms with Crippen molar-refractivity contribution in [3.05, 3.63) is 0 Å². The lowest BCUT2D eigenvalue weighted by Gasteiger charge is -2.35. The van der Waals surface area contributed by atoms with Crippen LogP contribution in [0.15, 0.2) is 0 Å². The Bertz CT molecular complexity index is 300. The number of hydrogen-bond acceptors (Lipinski definition) is 2. The smallest absolute Gasteiger partial charge is 0.0784 e. The van der Waals surface area contributed by atoms with Gasteiger partial charge in [0.05, 0.1) is 26.7 Å². The van der Waals surface area contributed by atoms with Crippen LogP contribution in [0.2, 0.25) is 0 Å². The maximum atomic E-state index is 8.25. The van der Waals surface area contributed by atoms with Gasteiger partial charge < -0.3 is 14.4 Å². The molecule has 0 aromatic heterocycles. The minimum Gasteiger partial charge on any atom is -0.554 e. The lowest BCUT2D eigenvalue weighted by Crippen LogP contribution is -2.46. The number of unbranched alkanes of at least 4 members (excludes halogenated alkanes) is 18. The van der Waals surface area contributed by atoms with Gasteiger partial charge in [0.15, 0.2) is 0 Å². The molecule has 0 aromatic carbocycles. The maximum absolute atomic E-state index is 8.25. The summed E-state index contributed by atoms with van der Waals surface area (Å²) in [6.45, 7) is 10.7. The molecule has 0 spiro atoms. The first-order valence-electron chi connectivity index (χ1n) is 14.5. The van der Waals surface area contributed by atoms with E-state index in [0.29, 0.717) is 0 Å². The van der Waals surface area contributed by atoms with Crippen LogP contribution in [0.25, 0.3) is 0 Å². The number of carboxylic acid groups (broad SMARTS) is 1. The van der Waals surface area contributed by atoms with E-state index < -0.39 is 6.47 Å². The van der Waals surface area contributed by atoms with Gasteiger partial charge in [-0.2, -0.15) is 0 Å². The van der Waals surface area contributed by atoms with Crippen LogP contribution in [0.1, 0.15) is 156 Å². The molecule has 0 radical (unpaired) electrons. The predicted octanol–water partition coefficient (Wildman–Crippen LogP) is 8.05. The molecular formula is C29H61NO2. The first-order chi connectivity index (χ1) is 15.6. The van der Waals surface area contributed by atoms with E-state index in [1.54, 1.807) is 0 Å². The molecule has 0 aromatic rings. The summed E-state index contributed by atoms with van der Waals surface area (Å²) in [6, 6.07) is 0. The Morgan fingerprint density at radius 3 is 0.875 bits per heavy atom. The summed E-state index contributed by atoms with van der Waals surface area (Å²) in [5.74, 6) is 0. The van der Waals surface area contributed by atoms with Gasteiger partial charge in [-0.15, -0.1) is 0 Å². The second kappa shape index (κ2) is 28.5. The summed E-state index contributed by atoms with van der Waals surface area (Å²) in [5, 5.41) is 8.25. The zero-order valence-corrected chi connectivity index (χ0v) is 22.8. The quantitative estimate of drug-likeness (QED) is 0.0838. The zero-order valence-electron chi connectivity index (χ0n) is 22.8. The molecular weight excluding hydrogens is 394 g/mol. The lowest BCUT2D eigenvalue weighted by atomic mass is 10.1. The summed E-state index contributed by atoms with van der Waals surface area (Å²) < 4.78 is 1.36. The maximum Gasteiger partial charge on any atom is 0.0784 e. The van der Waals surface area contributed by atoms with Crippen molar-refractivity contribution in [1.29, 1.82) is 0 Å². The molecule has 0 saturated heterocycles. The van der Waals surface area contributed by atoms with Crippen molar-refractivity contribution in [1.82, 2.24) is 0 Å². The average molecular weight is 456 g/mol. The minimum atomic E-state index is -0.500. The van der Waals surface area contributed by atoms with E-state index >= 15 is 0 Å². The van der Waals surface area contributed by atoms with Gasteiger partial charge in [-0.25, -0.2) is 0 Å². The largest absolute Gasteiger partial charge is 0.554 e. The van der Waals surface area contributed by atoms with E-state index in [4.69, 9.17) is 9.90 Å². The van der Waals surface area contributed by atoms with E-state index in [2.05, 4.69) is 27.8 Å². The number of nitrogens with zero attached hydrogens (tertiary/aromatic N) is 1. The van der Waals surface area contributed by atoms with Crippen LogP contribution < -0.4 is 5.11 Å². The highest BCUT2D eigenvalue weighted by Gasteiger charge is 2.20. The van der Waals surface area contributed by atoms with Crippen LogP contribution in [-0.4, -0.2) is 37.6 Å². The molecule has 0 heterocycles. The highest BCUT2D eigenvalue weighted by atomic mass is 16.3. The number of hydrogen-bond donors (Lipinski definition) is 0. The molecule has 0 saturated carbocycles.